The molecule has 0 atom stereocenters. The van der Waals surface area contributed by atoms with Crippen LogP contribution in [-0.2, 0) is 0 Å². The zero-order chi connectivity index (χ0) is 19.8. The van der Waals surface area contributed by atoms with Crippen LogP contribution >= 0.6 is 11.6 Å². The number of aryl methyl sites for hydroxylation is 2. The van der Waals surface area contributed by atoms with E-state index in [0.29, 0.717) is 5.02 Å². The lowest BCUT2D eigenvalue weighted by Gasteiger charge is -2.17. The summed E-state index contributed by atoms with van der Waals surface area (Å²) in [6.45, 7) is 4.10. The lowest BCUT2D eigenvalue weighted by atomic mass is 9.89. The molecule has 4 aromatic rings. The Balaban J connectivity index is 2.15. The number of pyridine rings is 2. The molecule has 1 amide bonds. The second kappa shape index (κ2) is 7.06. The summed E-state index contributed by atoms with van der Waals surface area (Å²) in [7, 11) is 0. The largest absolute Gasteiger partial charge is 0.364 e. The zero-order valence-electron chi connectivity index (χ0n) is 15.5. The van der Waals surface area contributed by atoms with E-state index < -0.39 is 5.91 Å². The minimum atomic E-state index is -0.566. The summed E-state index contributed by atoms with van der Waals surface area (Å²) < 4.78 is 0. The number of halogens is 1. The number of fused-ring (bicyclic) bond motifs is 1. The van der Waals surface area contributed by atoms with Crippen LogP contribution < -0.4 is 5.73 Å². The predicted molar refractivity (Wildman–Crippen MR) is 113 cm³/mol. The Morgan fingerprint density at radius 2 is 1.71 bits per heavy atom. The van der Waals surface area contributed by atoms with E-state index in [-0.39, 0.29) is 5.69 Å². The number of amides is 1. The van der Waals surface area contributed by atoms with Crippen molar-refractivity contribution in [3.63, 3.8) is 0 Å². The average molecular weight is 388 g/mol. The molecule has 0 radical (unpaired) electrons. The molecule has 138 valence electrons. The van der Waals surface area contributed by atoms with Crippen molar-refractivity contribution in [2.45, 2.75) is 13.8 Å². The van der Waals surface area contributed by atoms with Crippen molar-refractivity contribution >= 4 is 28.4 Å². The highest BCUT2D eigenvalue weighted by Gasteiger charge is 2.18. The number of rotatable bonds is 3. The molecule has 2 aromatic carbocycles. The van der Waals surface area contributed by atoms with Crippen molar-refractivity contribution in [3.05, 3.63) is 82.8 Å². The van der Waals surface area contributed by atoms with E-state index in [4.69, 9.17) is 17.3 Å². The Bertz CT molecular complexity index is 1220. The third-order valence-corrected chi connectivity index (χ3v) is 5.26. The third kappa shape index (κ3) is 3.02. The first-order valence-corrected chi connectivity index (χ1v) is 9.25. The van der Waals surface area contributed by atoms with Crippen molar-refractivity contribution in [1.29, 1.82) is 0 Å². The molecule has 4 nitrogen and oxygen atoms in total. The normalized spacial score (nSPS) is 11.0. The van der Waals surface area contributed by atoms with Gasteiger partial charge in [-0.25, -0.2) is 4.98 Å². The van der Waals surface area contributed by atoms with Crippen LogP contribution in [0.2, 0.25) is 5.02 Å². The van der Waals surface area contributed by atoms with Gasteiger partial charge in [0.2, 0.25) is 0 Å². The molecule has 2 aromatic heterocycles. The minimum absolute atomic E-state index is 0.220. The number of carbonyl (C=O) groups excluding carboxylic acids is 1. The number of benzene rings is 2. The maximum atomic E-state index is 11.9. The van der Waals surface area contributed by atoms with Gasteiger partial charge in [-0.2, -0.15) is 0 Å². The first-order valence-electron chi connectivity index (χ1n) is 8.87. The first-order chi connectivity index (χ1) is 13.5. The van der Waals surface area contributed by atoms with E-state index in [1.807, 2.05) is 49.4 Å². The van der Waals surface area contributed by atoms with Gasteiger partial charge in [0.05, 0.1) is 5.52 Å². The molecule has 0 aliphatic carbocycles. The number of hydrogen-bond donors (Lipinski definition) is 1. The SMILES string of the molecule is Cc1cc2nc(C(N)=O)cc(-c3ccccc3Cl)c2c(C)c1-c1ccncc1. The van der Waals surface area contributed by atoms with Crippen molar-refractivity contribution < 1.29 is 4.79 Å². The van der Waals surface area contributed by atoms with E-state index in [1.54, 1.807) is 18.5 Å². The molecule has 0 aliphatic heterocycles. The van der Waals surface area contributed by atoms with Crippen LogP contribution in [0.4, 0.5) is 0 Å². The molecular formula is C23H18ClN3O. The summed E-state index contributed by atoms with van der Waals surface area (Å²) in [6, 6.07) is 15.3. The fraction of sp³-hybridized carbons (Fsp3) is 0.0870. The Labute approximate surface area is 168 Å². The number of nitrogens with zero attached hydrogens (tertiary/aromatic N) is 2. The van der Waals surface area contributed by atoms with Gasteiger partial charge in [-0.1, -0.05) is 29.8 Å². The molecule has 2 N–H and O–H groups in total. The van der Waals surface area contributed by atoms with Crippen LogP contribution in [0.25, 0.3) is 33.2 Å². The lowest BCUT2D eigenvalue weighted by molar-refractivity contribution is 0.0996. The first kappa shape index (κ1) is 18.1. The topological polar surface area (TPSA) is 68.9 Å². The maximum absolute atomic E-state index is 11.9. The van der Waals surface area contributed by atoms with Gasteiger partial charge < -0.3 is 5.73 Å². The number of aromatic nitrogens is 2. The standard InChI is InChI=1S/C23H18ClN3O/c1-13-11-19-22(14(2)21(13)15-7-9-26-10-8-15)17(12-20(27-19)23(25)28)16-5-3-4-6-18(16)24/h3-12H,1-2H3,(H2,25,28). The molecular weight excluding hydrogens is 370 g/mol. The van der Waals surface area contributed by atoms with Crippen molar-refractivity contribution in [3.8, 4) is 22.3 Å². The number of nitrogens with two attached hydrogens (primary N) is 1. The van der Waals surface area contributed by atoms with Crippen LogP contribution in [0.5, 0.6) is 0 Å². The van der Waals surface area contributed by atoms with Crippen molar-refractivity contribution in [2.24, 2.45) is 5.73 Å². The lowest BCUT2D eigenvalue weighted by Crippen LogP contribution is -2.13. The second-order valence-corrected chi connectivity index (χ2v) is 7.13. The van der Waals surface area contributed by atoms with Gasteiger partial charge in [-0.15, -0.1) is 0 Å². The van der Waals surface area contributed by atoms with Gasteiger partial charge in [-0.05, 0) is 72.0 Å². The smallest absolute Gasteiger partial charge is 0.267 e. The predicted octanol–water partition coefficient (Wildman–Crippen LogP) is 5.33. The molecule has 0 saturated heterocycles. The Morgan fingerprint density at radius 1 is 1.00 bits per heavy atom. The fourth-order valence-electron chi connectivity index (χ4n) is 3.74. The molecule has 4 rings (SSSR count). The van der Waals surface area contributed by atoms with E-state index in [2.05, 4.69) is 16.9 Å². The summed E-state index contributed by atoms with van der Waals surface area (Å²) in [5.74, 6) is -0.566. The maximum Gasteiger partial charge on any atom is 0.267 e. The summed E-state index contributed by atoms with van der Waals surface area (Å²) >= 11 is 6.49. The van der Waals surface area contributed by atoms with E-state index in [0.717, 1.165) is 44.3 Å². The van der Waals surface area contributed by atoms with Gasteiger partial charge >= 0.3 is 0 Å². The number of carbonyl (C=O) groups is 1. The average Bonchev–Trinajstić information content (AvgIpc) is 2.68. The summed E-state index contributed by atoms with van der Waals surface area (Å²) in [4.78, 5) is 20.5. The quantitative estimate of drug-likeness (QED) is 0.516. The minimum Gasteiger partial charge on any atom is -0.364 e. The van der Waals surface area contributed by atoms with Crippen molar-refractivity contribution in [2.75, 3.05) is 0 Å². The molecule has 5 heteroatoms. The third-order valence-electron chi connectivity index (χ3n) is 4.93. The molecule has 0 saturated carbocycles. The van der Waals surface area contributed by atoms with E-state index in [9.17, 15) is 4.79 Å². The molecule has 0 spiro atoms. The highest BCUT2D eigenvalue weighted by atomic mass is 35.5. The van der Waals surface area contributed by atoms with Gasteiger partial charge in [0.1, 0.15) is 5.69 Å². The molecule has 2 heterocycles. The highest BCUT2D eigenvalue weighted by Crippen LogP contribution is 2.39. The van der Waals surface area contributed by atoms with Gasteiger partial charge in [-0.3, -0.25) is 9.78 Å². The fourth-order valence-corrected chi connectivity index (χ4v) is 3.98. The number of hydrogen-bond acceptors (Lipinski definition) is 3. The Kier molecular flexibility index (Phi) is 4.57. The number of primary amides is 1. The molecule has 28 heavy (non-hydrogen) atoms. The Hall–Kier alpha value is -3.24. The monoisotopic (exact) mass is 387 g/mol. The van der Waals surface area contributed by atoms with E-state index >= 15 is 0 Å². The molecule has 0 fully saturated rings. The van der Waals surface area contributed by atoms with E-state index in [1.165, 1.54) is 0 Å². The molecule has 0 aliphatic rings. The summed E-state index contributed by atoms with van der Waals surface area (Å²) in [6.07, 6.45) is 3.56. The van der Waals surface area contributed by atoms with Crippen molar-refractivity contribution in [1.82, 2.24) is 9.97 Å². The second-order valence-electron chi connectivity index (χ2n) is 6.72. The van der Waals surface area contributed by atoms with Crippen LogP contribution in [0, 0.1) is 13.8 Å². The van der Waals surface area contributed by atoms with Crippen LogP contribution in [0.15, 0.2) is 60.9 Å². The summed E-state index contributed by atoms with van der Waals surface area (Å²) in [5, 5.41) is 1.56. The summed E-state index contributed by atoms with van der Waals surface area (Å²) in [5.41, 5.74) is 12.5. The molecule has 0 unspecified atom stereocenters. The van der Waals surface area contributed by atoms with Gasteiger partial charge in [0.15, 0.2) is 0 Å². The van der Waals surface area contributed by atoms with Crippen LogP contribution in [0.3, 0.4) is 0 Å². The highest BCUT2D eigenvalue weighted by molar-refractivity contribution is 6.33. The zero-order valence-corrected chi connectivity index (χ0v) is 16.3. The van der Waals surface area contributed by atoms with Crippen LogP contribution in [0.1, 0.15) is 21.6 Å². The van der Waals surface area contributed by atoms with Gasteiger partial charge in [0, 0.05) is 28.4 Å². The Morgan fingerprint density at radius 3 is 2.39 bits per heavy atom. The van der Waals surface area contributed by atoms with Gasteiger partial charge in [0.25, 0.3) is 5.91 Å². The molecule has 0 bridgehead atoms. The van der Waals surface area contributed by atoms with Crippen LogP contribution in [-0.4, -0.2) is 15.9 Å².